The molecule has 0 aliphatic rings. The number of rotatable bonds is 5. The Hall–Kier alpha value is -0.770. The molecule has 0 aliphatic carbocycles. The number of ether oxygens (including phenoxy) is 2. The minimum atomic E-state index is -0.0987. The summed E-state index contributed by atoms with van der Waals surface area (Å²) < 4.78 is 10.6. The van der Waals surface area contributed by atoms with Crippen molar-refractivity contribution in [3.63, 3.8) is 0 Å². The summed E-state index contributed by atoms with van der Waals surface area (Å²) in [5.74, 6) is 0.660. The van der Waals surface area contributed by atoms with E-state index < -0.39 is 0 Å². The van der Waals surface area contributed by atoms with Crippen molar-refractivity contribution in [3.05, 3.63) is 28.8 Å². The highest BCUT2D eigenvalue weighted by atomic mass is 35.5. The van der Waals surface area contributed by atoms with Crippen molar-refractivity contribution in [1.29, 1.82) is 0 Å². The fourth-order valence-electron chi connectivity index (χ4n) is 1.38. The van der Waals surface area contributed by atoms with Crippen molar-refractivity contribution in [1.82, 2.24) is 0 Å². The second-order valence-electron chi connectivity index (χ2n) is 3.07. The van der Waals surface area contributed by atoms with E-state index in [1.54, 1.807) is 7.11 Å². The predicted molar refractivity (Wildman–Crippen MR) is 61.4 cm³/mol. The minimum Gasteiger partial charge on any atom is -0.495 e. The molecule has 0 aromatic heterocycles. The lowest BCUT2D eigenvalue weighted by molar-refractivity contribution is 0.0688. The van der Waals surface area contributed by atoms with Gasteiger partial charge in [0, 0.05) is 13.2 Å². The third-order valence-corrected chi connectivity index (χ3v) is 2.42. The van der Waals surface area contributed by atoms with Crippen molar-refractivity contribution < 1.29 is 9.47 Å². The van der Waals surface area contributed by atoms with E-state index in [4.69, 9.17) is 26.8 Å². The highest BCUT2D eigenvalue weighted by molar-refractivity contribution is 6.32. The van der Waals surface area contributed by atoms with Crippen LogP contribution in [0.1, 0.15) is 18.6 Å². The van der Waals surface area contributed by atoms with Crippen LogP contribution in [0.25, 0.3) is 0 Å². The van der Waals surface area contributed by atoms with Gasteiger partial charge < -0.3 is 15.2 Å². The summed E-state index contributed by atoms with van der Waals surface area (Å²) in [6, 6.07) is 5.56. The van der Waals surface area contributed by atoms with Gasteiger partial charge in [0.2, 0.25) is 0 Å². The van der Waals surface area contributed by atoms with Gasteiger partial charge >= 0.3 is 0 Å². The average molecular weight is 230 g/mol. The standard InChI is InChI=1S/C11H16ClNO2/c1-3-15-11(7-13)8-4-5-10(14-2)9(12)6-8/h4-6,11H,3,7,13H2,1-2H3. The van der Waals surface area contributed by atoms with Crippen LogP contribution in [-0.2, 0) is 4.74 Å². The van der Waals surface area contributed by atoms with Crippen molar-refractivity contribution >= 4 is 11.6 Å². The largest absolute Gasteiger partial charge is 0.495 e. The Kier molecular flexibility index (Phi) is 4.88. The first-order valence-electron chi connectivity index (χ1n) is 4.88. The number of nitrogens with two attached hydrogens (primary N) is 1. The molecule has 0 saturated heterocycles. The lowest BCUT2D eigenvalue weighted by Crippen LogP contribution is -2.15. The number of halogens is 1. The Bertz CT molecular complexity index is 317. The van der Waals surface area contributed by atoms with E-state index in [1.807, 2.05) is 25.1 Å². The molecule has 84 valence electrons. The van der Waals surface area contributed by atoms with Crippen LogP contribution in [-0.4, -0.2) is 20.3 Å². The quantitative estimate of drug-likeness (QED) is 0.843. The molecule has 4 heteroatoms. The second-order valence-corrected chi connectivity index (χ2v) is 3.48. The molecule has 3 nitrogen and oxygen atoms in total. The third-order valence-electron chi connectivity index (χ3n) is 2.13. The normalized spacial score (nSPS) is 12.5. The summed E-state index contributed by atoms with van der Waals surface area (Å²) in [6.45, 7) is 3.01. The fourth-order valence-corrected chi connectivity index (χ4v) is 1.65. The molecular weight excluding hydrogens is 214 g/mol. The Balaban J connectivity index is 2.89. The third kappa shape index (κ3) is 3.09. The van der Waals surface area contributed by atoms with Crippen molar-refractivity contribution in [2.75, 3.05) is 20.3 Å². The van der Waals surface area contributed by atoms with Crippen molar-refractivity contribution in [2.24, 2.45) is 5.73 Å². The molecule has 15 heavy (non-hydrogen) atoms. The molecular formula is C11H16ClNO2. The van der Waals surface area contributed by atoms with Crippen LogP contribution in [0.4, 0.5) is 0 Å². The maximum Gasteiger partial charge on any atom is 0.137 e. The van der Waals surface area contributed by atoms with Crippen LogP contribution in [0.3, 0.4) is 0 Å². The molecule has 1 aromatic carbocycles. The lowest BCUT2D eigenvalue weighted by atomic mass is 10.1. The highest BCUT2D eigenvalue weighted by Crippen LogP contribution is 2.28. The van der Waals surface area contributed by atoms with Crippen LogP contribution in [0.15, 0.2) is 18.2 Å². The Morgan fingerprint density at radius 1 is 1.47 bits per heavy atom. The van der Waals surface area contributed by atoms with Crippen LogP contribution in [0.2, 0.25) is 5.02 Å². The number of hydrogen-bond donors (Lipinski definition) is 1. The van der Waals surface area contributed by atoms with Gasteiger partial charge in [-0.3, -0.25) is 0 Å². The molecule has 0 amide bonds. The molecule has 1 rings (SSSR count). The maximum atomic E-state index is 6.01. The Labute approximate surface area is 95.1 Å². The lowest BCUT2D eigenvalue weighted by Gasteiger charge is -2.16. The maximum absolute atomic E-state index is 6.01. The second kappa shape index (κ2) is 5.95. The van der Waals surface area contributed by atoms with Crippen LogP contribution >= 0.6 is 11.6 Å². The van der Waals surface area contributed by atoms with Gasteiger partial charge in [-0.25, -0.2) is 0 Å². The molecule has 0 heterocycles. The molecule has 1 unspecified atom stereocenters. The first kappa shape index (κ1) is 12.3. The number of methoxy groups -OCH3 is 1. The summed E-state index contributed by atoms with van der Waals surface area (Å²) in [4.78, 5) is 0. The molecule has 0 bridgehead atoms. The molecule has 0 radical (unpaired) electrons. The van der Waals surface area contributed by atoms with Crippen molar-refractivity contribution in [2.45, 2.75) is 13.0 Å². The first-order chi connectivity index (χ1) is 7.22. The highest BCUT2D eigenvalue weighted by Gasteiger charge is 2.11. The fraction of sp³-hybridized carbons (Fsp3) is 0.455. The predicted octanol–water partition coefficient (Wildman–Crippen LogP) is 2.38. The van der Waals surface area contributed by atoms with E-state index in [0.29, 0.717) is 23.9 Å². The Morgan fingerprint density at radius 2 is 2.20 bits per heavy atom. The minimum absolute atomic E-state index is 0.0987. The smallest absolute Gasteiger partial charge is 0.137 e. The molecule has 1 aromatic rings. The number of benzene rings is 1. The molecule has 0 aliphatic heterocycles. The number of hydrogen-bond acceptors (Lipinski definition) is 3. The zero-order valence-electron chi connectivity index (χ0n) is 9.00. The summed E-state index contributed by atoms with van der Waals surface area (Å²) in [6.07, 6.45) is -0.0987. The van der Waals surface area contributed by atoms with Gasteiger partial charge in [0.05, 0.1) is 18.2 Å². The van der Waals surface area contributed by atoms with Crippen LogP contribution in [0, 0.1) is 0 Å². The molecule has 0 saturated carbocycles. The molecule has 2 N–H and O–H groups in total. The van der Waals surface area contributed by atoms with Gasteiger partial charge in [0.25, 0.3) is 0 Å². The van der Waals surface area contributed by atoms with Gasteiger partial charge in [0.1, 0.15) is 5.75 Å². The molecule has 0 spiro atoms. The summed E-state index contributed by atoms with van der Waals surface area (Å²) in [7, 11) is 1.59. The summed E-state index contributed by atoms with van der Waals surface area (Å²) in [5, 5.41) is 0.577. The van der Waals surface area contributed by atoms with Crippen molar-refractivity contribution in [3.8, 4) is 5.75 Å². The van der Waals surface area contributed by atoms with E-state index in [2.05, 4.69) is 0 Å². The van der Waals surface area contributed by atoms with Gasteiger partial charge in [-0.1, -0.05) is 17.7 Å². The van der Waals surface area contributed by atoms with E-state index >= 15 is 0 Å². The van der Waals surface area contributed by atoms with Gasteiger partial charge in [-0.2, -0.15) is 0 Å². The monoisotopic (exact) mass is 229 g/mol. The van der Waals surface area contributed by atoms with Gasteiger partial charge in [-0.05, 0) is 24.6 Å². The van der Waals surface area contributed by atoms with E-state index in [9.17, 15) is 0 Å². The molecule has 0 fully saturated rings. The van der Waals surface area contributed by atoms with E-state index in [0.717, 1.165) is 5.56 Å². The van der Waals surface area contributed by atoms with E-state index in [1.165, 1.54) is 0 Å². The average Bonchev–Trinajstić information content (AvgIpc) is 2.25. The Morgan fingerprint density at radius 3 is 2.67 bits per heavy atom. The zero-order chi connectivity index (χ0) is 11.3. The van der Waals surface area contributed by atoms with Gasteiger partial charge in [-0.15, -0.1) is 0 Å². The van der Waals surface area contributed by atoms with Crippen LogP contribution < -0.4 is 10.5 Å². The van der Waals surface area contributed by atoms with Crippen LogP contribution in [0.5, 0.6) is 5.75 Å². The topological polar surface area (TPSA) is 44.5 Å². The molecule has 1 atom stereocenters. The first-order valence-corrected chi connectivity index (χ1v) is 5.25. The summed E-state index contributed by atoms with van der Waals surface area (Å²) in [5.41, 5.74) is 6.59. The SMILES string of the molecule is CCOC(CN)c1ccc(OC)c(Cl)c1. The van der Waals surface area contributed by atoms with Gasteiger partial charge in [0.15, 0.2) is 0 Å². The van der Waals surface area contributed by atoms with E-state index in [-0.39, 0.29) is 6.10 Å². The zero-order valence-corrected chi connectivity index (χ0v) is 9.75. The summed E-state index contributed by atoms with van der Waals surface area (Å²) >= 11 is 6.01.